The minimum atomic E-state index is -0.445. The van der Waals surface area contributed by atoms with Crippen molar-refractivity contribution in [1.29, 1.82) is 0 Å². The van der Waals surface area contributed by atoms with Crippen LogP contribution in [0.4, 0.5) is 0 Å². The SMILES string of the molecule is NC(=O)c1cc2cc(C(N)=O)sc2s1. The fourth-order valence-electron chi connectivity index (χ4n) is 1.08. The highest BCUT2D eigenvalue weighted by Gasteiger charge is 2.12. The number of thiophene rings is 2. The Morgan fingerprint density at radius 3 is 1.71 bits per heavy atom. The molecular formula is C8H6N2O2S2. The molecule has 0 aliphatic heterocycles. The van der Waals surface area contributed by atoms with Gasteiger partial charge in [-0.25, -0.2) is 0 Å². The van der Waals surface area contributed by atoms with Gasteiger partial charge in [0.25, 0.3) is 11.8 Å². The quantitative estimate of drug-likeness (QED) is 0.805. The van der Waals surface area contributed by atoms with E-state index in [4.69, 9.17) is 11.5 Å². The van der Waals surface area contributed by atoms with E-state index in [1.165, 1.54) is 22.7 Å². The second kappa shape index (κ2) is 3.07. The van der Waals surface area contributed by atoms with Gasteiger partial charge in [-0.15, -0.1) is 22.7 Å². The van der Waals surface area contributed by atoms with Crippen LogP contribution in [0.25, 0.3) is 9.40 Å². The lowest BCUT2D eigenvalue weighted by molar-refractivity contribution is 0.0996. The van der Waals surface area contributed by atoms with Crippen molar-refractivity contribution in [2.75, 3.05) is 0 Å². The number of carbonyl (C=O) groups excluding carboxylic acids is 2. The van der Waals surface area contributed by atoms with Crippen molar-refractivity contribution in [3.05, 3.63) is 21.9 Å². The van der Waals surface area contributed by atoms with Crippen molar-refractivity contribution in [3.8, 4) is 0 Å². The highest BCUT2D eigenvalue weighted by atomic mass is 32.2. The fourth-order valence-corrected chi connectivity index (χ4v) is 3.23. The first-order valence-corrected chi connectivity index (χ1v) is 5.34. The van der Waals surface area contributed by atoms with Crippen molar-refractivity contribution >= 4 is 43.9 Å². The molecule has 0 atom stereocenters. The van der Waals surface area contributed by atoms with Crippen molar-refractivity contribution in [1.82, 2.24) is 0 Å². The third-order valence-corrected chi connectivity index (χ3v) is 4.12. The highest BCUT2D eigenvalue weighted by Crippen LogP contribution is 2.32. The lowest BCUT2D eigenvalue weighted by Crippen LogP contribution is -2.08. The molecule has 0 spiro atoms. The largest absolute Gasteiger partial charge is 0.365 e. The van der Waals surface area contributed by atoms with Crippen molar-refractivity contribution < 1.29 is 9.59 Å². The molecule has 4 nitrogen and oxygen atoms in total. The lowest BCUT2D eigenvalue weighted by atomic mass is 10.3. The maximum atomic E-state index is 10.8. The lowest BCUT2D eigenvalue weighted by Gasteiger charge is -1.85. The molecule has 0 saturated heterocycles. The summed E-state index contributed by atoms with van der Waals surface area (Å²) >= 11 is 2.56. The van der Waals surface area contributed by atoms with E-state index in [1.54, 1.807) is 12.1 Å². The number of hydrogen-bond donors (Lipinski definition) is 2. The molecule has 2 heterocycles. The smallest absolute Gasteiger partial charge is 0.258 e. The maximum absolute atomic E-state index is 10.8. The van der Waals surface area contributed by atoms with Crippen LogP contribution in [0.1, 0.15) is 19.3 Å². The Balaban J connectivity index is 2.56. The molecule has 4 N–H and O–H groups in total. The van der Waals surface area contributed by atoms with Gasteiger partial charge in [-0.05, 0) is 12.1 Å². The van der Waals surface area contributed by atoms with Gasteiger partial charge < -0.3 is 11.5 Å². The van der Waals surface area contributed by atoms with Gasteiger partial charge in [0.2, 0.25) is 0 Å². The first-order chi connectivity index (χ1) is 6.58. The number of amides is 2. The van der Waals surface area contributed by atoms with E-state index in [9.17, 15) is 9.59 Å². The molecule has 0 bridgehead atoms. The van der Waals surface area contributed by atoms with E-state index < -0.39 is 11.8 Å². The molecule has 0 unspecified atom stereocenters. The van der Waals surface area contributed by atoms with E-state index in [0.29, 0.717) is 9.75 Å². The van der Waals surface area contributed by atoms with Crippen LogP contribution in [-0.2, 0) is 0 Å². The number of fused-ring (bicyclic) bond motifs is 1. The molecule has 0 aliphatic rings. The number of primary amides is 2. The minimum absolute atomic E-state index is 0.445. The molecule has 0 aliphatic carbocycles. The van der Waals surface area contributed by atoms with E-state index in [2.05, 4.69) is 0 Å². The van der Waals surface area contributed by atoms with Gasteiger partial charge in [-0.2, -0.15) is 0 Å². The Hall–Kier alpha value is -1.40. The molecule has 0 saturated carbocycles. The summed E-state index contributed by atoms with van der Waals surface area (Å²) in [6, 6.07) is 3.34. The molecule has 6 heteroatoms. The Labute approximate surface area is 87.1 Å². The summed E-state index contributed by atoms with van der Waals surface area (Å²) in [5, 5.41) is 0.850. The zero-order valence-electron chi connectivity index (χ0n) is 6.94. The number of nitrogens with two attached hydrogens (primary N) is 2. The third kappa shape index (κ3) is 1.38. The van der Waals surface area contributed by atoms with Crippen LogP contribution >= 0.6 is 22.7 Å². The predicted octanol–water partition coefficient (Wildman–Crippen LogP) is 1.16. The van der Waals surface area contributed by atoms with E-state index in [0.717, 1.165) is 9.40 Å². The molecule has 72 valence electrons. The monoisotopic (exact) mass is 226 g/mol. The third-order valence-electron chi connectivity index (χ3n) is 1.70. The van der Waals surface area contributed by atoms with E-state index in [-0.39, 0.29) is 0 Å². The zero-order valence-corrected chi connectivity index (χ0v) is 8.58. The highest BCUT2D eigenvalue weighted by molar-refractivity contribution is 7.39. The van der Waals surface area contributed by atoms with E-state index in [1.807, 2.05) is 0 Å². The minimum Gasteiger partial charge on any atom is -0.365 e. The van der Waals surface area contributed by atoms with Crippen LogP contribution in [0, 0.1) is 0 Å². The van der Waals surface area contributed by atoms with Gasteiger partial charge in [-0.3, -0.25) is 9.59 Å². The normalized spacial score (nSPS) is 10.6. The second-order valence-corrected chi connectivity index (χ2v) is 5.06. The summed E-state index contributed by atoms with van der Waals surface area (Å²) in [5.41, 5.74) is 10.2. The zero-order chi connectivity index (χ0) is 10.3. The Morgan fingerprint density at radius 2 is 1.43 bits per heavy atom. The molecular weight excluding hydrogens is 220 g/mol. The first-order valence-electron chi connectivity index (χ1n) is 3.71. The van der Waals surface area contributed by atoms with Crippen molar-refractivity contribution in [3.63, 3.8) is 0 Å². The number of carbonyl (C=O) groups is 2. The molecule has 2 rings (SSSR count). The summed E-state index contributed by atoms with van der Waals surface area (Å²) in [4.78, 5) is 22.7. The van der Waals surface area contributed by atoms with Gasteiger partial charge in [0.15, 0.2) is 0 Å². The van der Waals surface area contributed by atoms with Crippen LogP contribution in [0.2, 0.25) is 0 Å². The molecule has 0 aromatic carbocycles. The molecule has 2 aromatic heterocycles. The van der Waals surface area contributed by atoms with Crippen molar-refractivity contribution in [2.45, 2.75) is 0 Å². The summed E-state index contributed by atoms with van der Waals surface area (Å²) in [6.07, 6.45) is 0. The van der Waals surface area contributed by atoms with Gasteiger partial charge in [0.1, 0.15) is 0 Å². The van der Waals surface area contributed by atoms with Gasteiger partial charge >= 0.3 is 0 Å². The topological polar surface area (TPSA) is 86.2 Å². The fraction of sp³-hybridized carbons (Fsp3) is 0. The maximum Gasteiger partial charge on any atom is 0.258 e. The predicted molar refractivity (Wildman–Crippen MR) is 56.7 cm³/mol. The van der Waals surface area contributed by atoms with Crippen LogP contribution in [0.3, 0.4) is 0 Å². The number of rotatable bonds is 2. The standard InChI is InChI=1S/C8H6N2O2S2/c9-6(11)4-1-3-2-5(7(10)12)14-8(3)13-4/h1-2H,(H2,9,11)(H2,10,12). The Morgan fingerprint density at radius 1 is 1.00 bits per heavy atom. The van der Waals surface area contributed by atoms with Gasteiger partial charge in [0.05, 0.1) is 13.8 Å². The van der Waals surface area contributed by atoms with Crippen LogP contribution in [-0.4, -0.2) is 11.8 Å². The van der Waals surface area contributed by atoms with Crippen LogP contribution in [0.5, 0.6) is 0 Å². The second-order valence-electron chi connectivity index (χ2n) is 2.69. The average Bonchev–Trinajstić information content (AvgIpc) is 2.57. The molecule has 14 heavy (non-hydrogen) atoms. The van der Waals surface area contributed by atoms with Gasteiger partial charge in [-0.1, -0.05) is 0 Å². The van der Waals surface area contributed by atoms with Crippen LogP contribution in [0.15, 0.2) is 12.1 Å². The molecule has 0 radical (unpaired) electrons. The number of hydrogen-bond acceptors (Lipinski definition) is 4. The van der Waals surface area contributed by atoms with Gasteiger partial charge in [0, 0.05) is 5.39 Å². The van der Waals surface area contributed by atoms with Crippen LogP contribution < -0.4 is 11.5 Å². The Bertz CT molecular complexity index is 451. The Kier molecular flexibility index (Phi) is 2.01. The molecule has 2 amide bonds. The van der Waals surface area contributed by atoms with E-state index >= 15 is 0 Å². The summed E-state index contributed by atoms with van der Waals surface area (Å²) in [6.45, 7) is 0. The summed E-state index contributed by atoms with van der Waals surface area (Å²) in [7, 11) is 0. The first kappa shape index (κ1) is 9.17. The molecule has 0 fully saturated rings. The summed E-state index contributed by atoms with van der Waals surface area (Å²) < 4.78 is 0.896. The average molecular weight is 226 g/mol. The molecule has 2 aromatic rings. The van der Waals surface area contributed by atoms with Crippen molar-refractivity contribution in [2.24, 2.45) is 11.5 Å². The summed E-state index contributed by atoms with van der Waals surface area (Å²) in [5.74, 6) is -0.891.